The molecule has 3 N–H and O–H groups in total. The molecule has 0 saturated heterocycles. The van der Waals surface area contributed by atoms with Gasteiger partial charge in [0.25, 0.3) is 0 Å². The lowest BCUT2D eigenvalue weighted by molar-refractivity contribution is 0.140. The highest BCUT2D eigenvalue weighted by atomic mass is 32.2. The Morgan fingerprint density at radius 2 is 2.07 bits per heavy atom. The van der Waals surface area contributed by atoms with E-state index in [1.165, 1.54) is 0 Å². The van der Waals surface area contributed by atoms with Gasteiger partial charge in [-0.2, -0.15) is 0 Å². The van der Waals surface area contributed by atoms with Crippen LogP contribution in [0.5, 0.6) is 0 Å². The second-order valence-corrected chi connectivity index (χ2v) is 4.89. The largest absolute Gasteiger partial charge is 0.380 e. The van der Waals surface area contributed by atoms with Crippen LogP contribution in [0.3, 0.4) is 0 Å². The number of nitrogens with two attached hydrogens (primary N) is 1. The monoisotopic (exact) mass is 224 g/mol. The number of rotatable bonds is 9. The molecule has 0 aliphatic carbocycles. The first-order valence-electron chi connectivity index (χ1n) is 4.87. The fourth-order valence-corrected chi connectivity index (χ4v) is 2.07. The molecule has 0 aromatic heterocycles. The van der Waals surface area contributed by atoms with Crippen LogP contribution in [0, 0.1) is 0 Å². The van der Waals surface area contributed by atoms with Crippen molar-refractivity contribution in [3.63, 3.8) is 0 Å². The summed E-state index contributed by atoms with van der Waals surface area (Å²) in [5.41, 5.74) is 5.22. The summed E-state index contributed by atoms with van der Waals surface area (Å²) >= 11 is 0. The van der Waals surface area contributed by atoms with Gasteiger partial charge in [-0.05, 0) is 12.8 Å². The number of hydrogen-bond donors (Lipinski definition) is 2. The predicted molar refractivity (Wildman–Crippen MR) is 56.6 cm³/mol. The fraction of sp³-hybridized carbons (Fsp3) is 1.00. The summed E-state index contributed by atoms with van der Waals surface area (Å²) in [5, 5.41) is 0. The third-order valence-corrected chi connectivity index (χ3v) is 3.11. The molecule has 0 aliphatic heterocycles. The van der Waals surface area contributed by atoms with E-state index < -0.39 is 10.0 Å². The van der Waals surface area contributed by atoms with E-state index in [2.05, 4.69) is 4.72 Å². The van der Waals surface area contributed by atoms with Gasteiger partial charge in [0, 0.05) is 19.7 Å². The van der Waals surface area contributed by atoms with Crippen molar-refractivity contribution in [3.05, 3.63) is 0 Å². The normalized spacial score (nSPS) is 11.9. The Morgan fingerprint density at radius 1 is 1.36 bits per heavy atom. The summed E-state index contributed by atoms with van der Waals surface area (Å²) in [5.74, 6) is 0.191. The maximum atomic E-state index is 11.1. The standard InChI is InChI=1S/C8H20N2O3S/c1-2-8-14(11,12)10-5-3-6-13-7-4-9/h10H,2-9H2,1H3. The second kappa shape index (κ2) is 8.16. The molecule has 0 heterocycles. The molecule has 0 atom stereocenters. The molecule has 6 heteroatoms. The molecule has 0 amide bonds. The maximum absolute atomic E-state index is 11.1. The zero-order valence-corrected chi connectivity index (χ0v) is 9.48. The highest BCUT2D eigenvalue weighted by Crippen LogP contribution is 1.89. The van der Waals surface area contributed by atoms with Gasteiger partial charge in [-0.15, -0.1) is 0 Å². The smallest absolute Gasteiger partial charge is 0.211 e. The molecule has 0 unspecified atom stereocenters. The second-order valence-electron chi connectivity index (χ2n) is 2.97. The Kier molecular flexibility index (Phi) is 8.07. The minimum Gasteiger partial charge on any atom is -0.380 e. The zero-order valence-electron chi connectivity index (χ0n) is 8.66. The van der Waals surface area contributed by atoms with E-state index in [9.17, 15) is 8.42 Å². The lowest BCUT2D eigenvalue weighted by Crippen LogP contribution is -2.27. The van der Waals surface area contributed by atoms with Gasteiger partial charge >= 0.3 is 0 Å². The summed E-state index contributed by atoms with van der Waals surface area (Å²) in [6.07, 6.45) is 1.32. The SMILES string of the molecule is CCCS(=O)(=O)NCCCOCCN. The van der Waals surface area contributed by atoms with E-state index in [1.54, 1.807) is 0 Å². The van der Waals surface area contributed by atoms with E-state index in [1.807, 2.05) is 6.92 Å². The third-order valence-electron chi connectivity index (χ3n) is 1.52. The minimum atomic E-state index is -3.05. The van der Waals surface area contributed by atoms with E-state index in [0.717, 1.165) is 0 Å². The van der Waals surface area contributed by atoms with Crippen LogP contribution in [-0.4, -0.2) is 40.5 Å². The Labute approximate surface area is 86.1 Å². The van der Waals surface area contributed by atoms with Crippen molar-refractivity contribution in [2.24, 2.45) is 5.73 Å². The third kappa shape index (κ3) is 8.43. The van der Waals surface area contributed by atoms with Gasteiger partial charge in [-0.3, -0.25) is 0 Å². The molecule has 14 heavy (non-hydrogen) atoms. The molecular weight excluding hydrogens is 204 g/mol. The van der Waals surface area contributed by atoms with Crippen molar-refractivity contribution in [3.8, 4) is 0 Å². The van der Waals surface area contributed by atoms with Crippen LogP contribution in [0.15, 0.2) is 0 Å². The molecule has 0 rings (SSSR count). The Morgan fingerprint density at radius 3 is 2.64 bits per heavy atom. The number of ether oxygens (including phenoxy) is 1. The first-order chi connectivity index (χ1) is 6.62. The van der Waals surface area contributed by atoms with E-state index in [0.29, 0.717) is 39.1 Å². The van der Waals surface area contributed by atoms with Crippen molar-refractivity contribution in [1.82, 2.24) is 4.72 Å². The molecule has 5 nitrogen and oxygen atoms in total. The van der Waals surface area contributed by atoms with Gasteiger partial charge in [0.1, 0.15) is 0 Å². The average Bonchev–Trinajstić information content (AvgIpc) is 2.11. The lowest BCUT2D eigenvalue weighted by atomic mass is 10.5. The molecule has 0 saturated carbocycles. The summed E-state index contributed by atoms with van der Waals surface area (Å²) < 4.78 is 29.9. The highest BCUT2D eigenvalue weighted by molar-refractivity contribution is 7.89. The molecule has 0 spiro atoms. The van der Waals surface area contributed by atoms with Crippen LogP contribution in [0.2, 0.25) is 0 Å². The molecule has 0 bridgehead atoms. The molecule has 0 radical (unpaired) electrons. The Bertz CT molecular complexity index is 217. The summed E-state index contributed by atoms with van der Waals surface area (Å²) in [4.78, 5) is 0. The van der Waals surface area contributed by atoms with Crippen molar-refractivity contribution in [1.29, 1.82) is 0 Å². The topological polar surface area (TPSA) is 81.4 Å². The van der Waals surface area contributed by atoms with Gasteiger partial charge in [0.05, 0.1) is 12.4 Å². The molecule has 0 aliphatic rings. The maximum Gasteiger partial charge on any atom is 0.211 e. The summed E-state index contributed by atoms with van der Waals surface area (Å²) in [7, 11) is -3.05. The van der Waals surface area contributed by atoms with Crippen molar-refractivity contribution < 1.29 is 13.2 Å². The number of sulfonamides is 1. The van der Waals surface area contributed by atoms with Crippen LogP contribution in [-0.2, 0) is 14.8 Å². The van der Waals surface area contributed by atoms with E-state index in [-0.39, 0.29) is 5.75 Å². The van der Waals surface area contributed by atoms with Gasteiger partial charge < -0.3 is 10.5 Å². The fourth-order valence-electron chi connectivity index (χ4n) is 0.928. The van der Waals surface area contributed by atoms with Crippen molar-refractivity contribution >= 4 is 10.0 Å². The first-order valence-corrected chi connectivity index (χ1v) is 6.52. The summed E-state index contributed by atoms with van der Waals surface area (Å²) in [6.45, 7) is 3.85. The minimum absolute atomic E-state index is 0.191. The molecular formula is C8H20N2O3S. The zero-order chi connectivity index (χ0) is 10.9. The van der Waals surface area contributed by atoms with Crippen molar-refractivity contribution in [2.45, 2.75) is 19.8 Å². The van der Waals surface area contributed by atoms with Crippen molar-refractivity contribution in [2.75, 3.05) is 32.1 Å². The van der Waals surface area contributed by atoms with Gasteiger partial charge in [0.2, 0.25) is 10.0 Å². The Balaban J connectivity index is 3.35. The molecule has 0 aromatic rings. The van der Waals surface area contributed by atoms with Crippen LogP contribution < -0.4 is 10.5 Å². The molecule has 86 valence electrons. The average molecular weight is 224 g/mol. The van der Waals surface area contributed by atoms with Gasteiger partial charge in [-0.25, -0.2) is 13.1 Å². The van der Waals surface area contributed by atoms with Crippen LogP contribution in [0.4, 0.5) is 0 Å². The van der Waals surface area contributed by atoms with Gasteiger partial charge in [-0.1, -0.05) is 6.92 Å². The predicted octanol–water partition coefficient (Wildman–Crippen LogP) is -0.319. The number of hydrogen-bond acceptors (Lipinski definition) is 4. The van der Waals surface area contributed by atoms with E-state index >= 15 is 0 Å². The lowest BCUT2D eigenvalue weighted by Gasteiger charge is -2.05. The van der Waals surface area contributed by atoms with E-state index in [4.69, 9.17) is 10.5 Å². The highest BCUT2D eigenvalue weighted by Gasteiger charge is 2.06. The summed E-state index contributed by atoms with van der Waals surface area (Å²) in [6, 6.07) is 0. The number of nitrogens with one attached hydrogen (secondary N) is 1. The molecule has 0 aromatic carbocycles. The van der Waals surface area contributed by atoms with Gasteiger partial charge in [0.15, 0.2) is 0 Å². The quantitative estimate of drug-likeness (QED) is 0.526. The van der Waals surface area contributed by atoms with Crippen LogP contribution >= 0.6 is 0 Å². The Hall–Kier alpha value is -0.170. The molecule has 0 fully saturated rings. The van der Waals surface area contributed by atoms with Crippen LogP contribution in [0.1, 0.15) is 19.8 Å². The van der Waals surface area contributed by atoms with Crippen LogP contribution in [0.25, 0.3) is 0 Å². The first kappa shape index (κ1) is 13.8.